The van der Waals surface area contributed by atoms with E-state index < -0.39 is 15.3 Å². The van der Waals surface area contributed by atoms with Gasteiger partial charge < -0.3 is 9.47 Å². The average Bonchev–Trinajstić information content (AvgIpc) is 2.62. The van der Waals surface area contributed by atoms with E-state index in [1.54, 1.807) is 0 Å². The zero-order valence-electron chi connectivity index (χ0n) is 13.5. The minimum atomic E-state index is -4.07. The number of sulfonamides is 1. The minimum Gasteiger partial charge on any atom is -0.478 e. The summed E-state index contributed by atoms with van der Waals surface area (Å²) in [5, 5.41) is -0.492. The number of anilines is 1. The van der Waals surface area contributed by atoms with Crippen molar-refractivity contribution in [2.45, 2.75) is 10.6 Å². The van der Waals surface area contributed by atoms with Crippen molar-refractivity contribution in [1.82, 2.24) is 9.97 Å². The first-order valence-corrected chi connectivity index (χ1v) is 10.1. The molecule has 8 nitrogen and oxygen atoms in total. The van der Waals surface area contributed by atoms with Gasteiger partial charge in [-0.25, -0.2) is 23.2 Å². The second-order valence-corrected chi connectivity index (χ2v) is 7.97. The highest BCUT2D eigenvalue weighted by Crippen LogP contribution is 2.31. The molecule has 0 amide bonds. The molecule has 0 bridgehead atoms. The largest absolute Gasteiger partial charge is 0.478 e. The maximum atomic E-state index is 12.5. The molecule has 0 saturated carbocycles. The molecule has 1 heterocycles. The Balaban J connectivity index is 2.28. The molecule has 2 rings (SSSR count). The Bertz CT molecular complexity index is 925. The number of nitrogens with zero attached hydrogens (tertiary/aromatic N) is 2. The Labute approximate surface area is 164 Å². The maximum absolute atomic E-state index is 12.5. The number of methoxy groups -OCH3 is 2. The minimum absolute atomic E-state index is 0.0605. The van der Waals surface area contributed by atoms with Gasteiger partial charge in [0.2, 0.25) is 5.82 Å². The van der Waals surface area contributed by atoms with Crippen LogP contribution >= 0.6 is 35.0 Å². The lowest BCUT2D eigenvalue weighted by Gasteiger charge is -2.12. The molecule has 0 aliphatic heterocycles. The summed E-state index contributed by atoms with van der Waals surface area (Å²) in [7, 11) is -1.49. The highest BCUT2D eigenvalue weighted by molar-refractivity contribution is 8.12. The molecule has 12 heteroatoms. The number of aromatic nitrogens is 2. The van der Waals surface area contributed by atoms with Gasteiger partial charge in [-0.05, 0) is 23.9 Å². The Kier molecular flexibility index (Phi) is 6.93. The van der Waals surface area contributed by atoms with E-state index in [1.165, 1.54) is 38.6 Å². The van der Waals surface area contributed by atoms with Gasteiger partial charge in [-0.2, -0.15) is 0 Å². The molecule has 1 N–H and O–H groups in total. The molecule has 0 saturated heterocycles. The third-order valence-electron chi connectivity index (χ3n) is 2.93. The lowest BCUT2D eigenvalue weighted by Crippen LogP contribution is -2.16. The molecule has 26 heavy (non-hydrogen) atoms. The van der Waals surface area contributed by atoms with Crippen LogP contribution in [0.1, 0.15) is 5.69 Å². The average molecular weight is 438 g/mol. The fraction of sp³-hybridized carbons (Fsp3) is 0.214. The van der Waals surface area contributed by atoms with Gasteiger partial charge in [0.1, 0.15) is 4.90 Å². The summed E-state index contributed by atoms with van der Waals surface area (Å²) in [4.78, 5) is 19.1. The smallest absolute Gasteiger partial charge is 0.367 e. The maximum Gasteiger partial charge on any atom is 0.367 e. The van der Waals surface area contributed by atoms with E-state index in [2.05, 4.69) is 19.4 Å². The van der Waals surface area contributed by atoms with Crippen molar-refractivity contribution in [2.75, 3.05) is 18.9 Å². The van der Waals surface area contributed by atoms with Crippen LogP contribution in [0.2, 0.25) is 10.0 Å². The van der Waals surface area contributed by atoms with E-state index in [0.717, 1.165) is 11.8 Å². The summed E-state index contributed by atoms with van der Waals surface area (Å²) >= 11 is 12.7. The van der Waals surface area contributed by atoms with Gasteiger partial charge >= 0.3 is 5.30 Å². The van der Waals surface area contributed by atoms with E-state index in [4.69, 9.17) is 27.9 Å². The van der Waals surface area contributed by atoms with Crippen LogP contribution in [-0.2, 0) is 20.5 Å². The number of thioether (sulfide) groups is 1. The van der Waals surface area contributed by atoms with Crippen molar-refractivity contribution in [3.05, 3.63) is 40.1 Å². The van der Waals surface area contributed by atoms with Crippen molar-refractivity contribution < 1.29 is 22.7 Å². The van der Waals surface area contributed by atoms with Gasteiger partial charge in [-0.1, -0.05) is 29.3 Å². The van der Waals surface area contributed by atoms with Crippen LogP contribution in [0.25, 0.3) is 0 Å². The van der Waals surface area contributed by atoms with Crippen LogP contribution < -0.4 is 9.46 Å². The van der Waals surface area contributed by atoms with E-state index >= 15 is 0 Å². The van der Waals surface area contributed by atoms with Gasteiger partial charge in [0.25, 0.3) is 15.9 Å². The second-order valence-electron chi connectivity index (χ2n) is 4.62. The zero-order chi connectivity index (χ0) is 19.3. The lowest BCUT2D eigenvalue weighted by molar-refractivity contribution is 0.200. The number of ether oxygens (including phenoxy) is 2. The summed E-state index contributed by atoms with van der Waals surface area (Å²) in [6.07, 6.45) is 1.32. The SMILES string of the molecule is COC(=O)SCc1cnc(NS(=O)(=O)c2cccc(Cl)c2Cl)c(OC)n1. The Morgan fingerprint density at radius 1 is 1.31 bits per heavy atom. The Morgan fingerprint density at radius 3 is 2.69 bits per heavy atom. The van der Waals surface area contributed by atoms with Crippen LogP contribution in [0.3, 0.4) is 0 Å². The summed E-state index contributed by atoms with van der Waals surface area (Å²) in [6.45, 7) is 0. The molecule has 0 aliphatic rings. The number of halogens is 2. The second kappa shape index (κ2) is 8.76. The van der Waals surface area contributed by atoms with Crippen molar-refractivity contribution in [2.24, 2.45) is 0 Å². The molecule has 0 radical (unpaired) electrons. The first-order valence-electron chi connectivity index (χ1n) is 6.86. The summed E-state index contributed by atoms with van der Waals surface area (Å²) < 4.78 is 36.9. The highest BCUT2D eigenvalue weighted by atomic mass is 35.5. The van der Waals surface area contributed by atoms with Gasteiger partial charge in [0.05, 0.1) is 36.2 Å². The number of benzene rings is 1. The molecular weight excluding hydrogens is 425 g/mol. The van der Waals surface area contributed by atoms with E-state index in [-0.39, 0.29) is 32.4 Å². The predicted octanol–water partition coefficient (Wildman–Crippen LogP) is 3.59. The topological polar surface area (TPSA) is 107 Å². The van der Waals surface area contributed by atoms with Crippen LogP contribution in [0.15, 0.2) is 29.3 Å². The van der Waals surface area contributed by atoms with Gasteiger partial charge in [0.15, 0.2) is 0 Å². The van der Waals surface area contributed by atoms with E-state index in [0.29, 0.717) is 5.69 Å². The fourth-order valence-electron chi connectivity index (χ4n) is 1.75. The third kappa shape index (κ3) is 4.91. The van der Waals surface area contributed by atoms with Crippen molar-refractivity contribution in [3.8, 4) is 5.88 Å². The fourth-order valence-corrected chi connectivity index (χ4v) is 4.05. The zero-order valence-corrected chi connectivity index (χ0v) is 16.7. The van der Waals surface area contributed by atoms with Gasteiger partial charge in [-0.3, -0.25) is 4.72 Å². The van der Waals surface area contributed by atoms with E-state index in [1.807, 2.05) is 0 Å². The number of nitrogens with one attached hydrogen (secondary N) is 1. The summed E-state index contributed by atoms with van der Waals surface area (Å²) in [5.41, 5.74) is 0.404. The van der Waals surface area contributed by atoms with Crippen LogP contribution in [0.4, 0.5) is 10.6 Å². The standard InChI is InChI=1S/C14H13Cl2N3O5S2/c1-23-13-12(17-6-8(18-13)7-25-14(20)24-2)19-26(21,22)10-5-3-4-9(15)11(10)16/h3-6H,7H2,1-2H3,(H,17,19). The molecule has 1 aromatic carbocycles. The predicted molar refractivity (Wildman–Crippen MR) is 99.6 cm³/mol. The number of hydrogen-bond donors (Lipinski definition) is 1. The van der Waals surface area contributed by atoms with Gasteiger partial charge in [-0.15, -0.1) is 0 Å². The number of carbonyl (C=O) groups excluding carboxylic acids is 1. The molecule has 0 aliphatic carbocycles. The number of carbonyl (C=O) groups is 1. The van der Waals surface area contributed by atoms with Gasteiger partial charge in [0, 0.05) is 5.75 Å². The van der Waals surface area contributed by atoms with Crippen molar-refractivity contribution >= 4 is 56.1 Å². The normalized spacial score (nSPS) is 11.1. The first kappa shape index (κ1) is 20.6. The summed E-state index contributed by atoms with van der Waals surface area (Å²) in [6, 6.07) is 4.23. The van der Waals surface area contributed by atoms with E-state index in [9.17, 15) is 13.2 Å². The number of hydrogen-bond acceptors (Lipinski definition) is 8. The molecule has 0 fully saturated rings. The van der Waals surface area contributed by atoms with Crippen LogP contribution in [-0.4, -0.2) is 37.9 Å². The third-order valence-corrected chi connectivity index (χ3v) is 6.08. The number of rotatable bonds is 6. The molecular formula is C14H13Cl2N3O5S2. The lowest BCUT2D eigenvalue weighted by atomic mass is 10.4. The quantitative estimate of drug-likeness (QED) is 0.682. The monoisotopic (exact) mass is 437 g/mol. The van der Waals surface area contributed by atoms with Crippen LogP contribution in [0, 0.1) is 0 Å². The summed E-state index contributed by atoms with van der Waals surface area (Å²) in [5.74, 6) is -0.00605. The molecule has 140 valence electrons. The van der Waals surface area contributed by atoms with Crippen LogP contribution in [0.5, 0.6) is 5.88 Å². The van der Waals surface area contributed by atoms with Crippen molar-refractivity contribution in [1.29, 1.82) is 0 Å². The molecule has 0 spiro atoms. The van der Waals surface area contributed by atoms with Crippen molar-refractivity contribution in [3.63, 3.8) is 0 Å². The Morgan fingerprint density at radius 2 is 2.04 bits per heavy atom. The first-order chi connectivity index (χ1) is 12.3. The highest BCUT2D eigenvalue weighted by Gasteiger charge is 2.22. The molecule has 2 aromatic rings. The Hall–Kier alpha value is -1.75. The molecule has 0 atom stereocenters. The molecule has 1 aromatic heterocycles. The molecule has 0 unspecified atom stereocenters.